The summed E-state index contributed by atoms with van der Waals surface area (Å²) in [4.78, 5) is 26.2. The molecule has 2 aromatic carbocycles. The van der Waals surface area contributed by atoms with Crippen LogP contribution in [0.1, 0.15) is 16.5 Å². The smallest absolute Gasteiger partial charge is 0.407 e. The molecular weight excluding hydrogens is 364 g/mol. The van der Waals surface area contributed by atoms with E-state index in [0.717, 1.165) is 22.6 Å². The lowest BCUT2D eigenvalue weighted by Crippen LogP contribution is -2.39. The maximum Gasteiger partial charge on any atom is 0.407 e. The van der Waals surface area contributed by atoms with Gasteiger partial charge < -0.3 is 19.7 Å². The highest BCUT2D eigenvalue weighted by Gasteiger charge is 2.30. The third kappa shape index (κ3) is 5.17. The van der Waals surface area contributed by atoms with Crippen molar-refractivity contribution in [1.82, 2.24) is 10.2 Å². The van der Waals surface area contributed by atoms with E-state index in [0.29, 0.717) is 6.54 Å². The molecule has 7 heteroatoms. The van der Waals surface area contributed by atoms with Gasteiger partial charge in [0, 0.05) is 12.3 Å². The first-order valence-electron chi connectivity index (χ1n) is 8.67. The summed E-state index contributed by atoms with van der Waals surface area (Å²) in [5.74, 6) is 1.51. The fraction of sp³-hybridized carbons (Fsp3) is 0.300. The van der Waals surface area contributed by atoms with Crippen LogP contribution in [0.4, 0.5) is 4.79 Å². The highest BCUT2D eigenvalue weighted by atomic mass is 32.2. The van der Waals surface area contributed by atoms with Crippen LogP contribution in [0.3, 0.4) is 0 Å². The van der Waals surface area contributed by atoms with E-state index in [1.807, 2.05) is 54.6 Å². The van der Waals surface area contributed by atoms with E-state index in [1.54, 1.807) is 23.8 Å². The quantitative estimate of drug-likeness (QED) is 0.826. The van der Waals surface area contributed by atoms with Crippen molar-refractivity contribution in [3.05, 3.63) is 65.7 Å². The average Bonchev–Trinajstić information content (AvgIpc) is 3.21. The lowest BCUT2D eigenvalue weighted by Gasteiger charge is -2.24. The molecule has 0 radical (unpaired) electrons. The van der Waals surface area contributed by atoms with Crippen molar-refractivity contribution in [2.45, 2.75) is 12.0 Å². The van der Waals surface area contributed by atoms with Gasteiger partial charge >= 0.3 is 6.09 Å². The Balaban J connectivity index is 1.49. The minimum atomic E-state index is -0.597. The number of methoxy groups -OCH3 is 1. The summed E-state index contributed by atoms with van der Waals surface area (Å²) in [5.41, 5.74) is 1.94. The maximum atomic E-state index is 12.5. The number of hydrogen-bond donors (Lipinski definition) is 1. The SMILES string of the molecule is COc1ccc(C2SCCN2C(=O)CNC(=O)OCc2ccccc2)cc1. The van der Waals surface area contributed by atoms with Gasteiger partial charge in [-0.2, -0.15) is 0 Å². The molecule has 3 rings (SSSR count). The number of nitrogens with one attached hydrogen (secondary N) is 1. The Morgan fingerprint density at radius 3 is 2.59 bits per heavy atom. The molecule has 0 saturated carbocycles. The molecule has 1 N–H and O–H groups in total. The highest BCUT2D eigenvalue weighted by Crippen LogP contribution is 2.38. The number of rotatable bonds is 6. The maximum absolute atomic E-state index is 12.5. The molecule has 1 saturated heterocycles. The normalized spacial score (nSPS) is 16.0. The Hall–Kier alpha value is -2.67. The second kappa shape index (κ2) is 9.32. The Labute approximate surface area is 162 Å². The second-order valence-electron chi connectivity index (χ2n) is 6.00. The van der Waals surface area contributed by atoms with Gasteiger partial charge in [-0.25, -0.2) is 4.79 Å². The van der Waals surface area contributed by atoms with Crippen molar-refractivity contribution in [2.75, 3.05) is 26.0 Å². The Morgan fingerprint density at radius 2 is 1.89 bits per heavy atom. The first-order chi connectivity index (χ1) is 13.2. The van der Waals surface area contributed by atoms with Gasteiger partial charge in [-0.3, -0.25) is 4.79 Å². The third-order valence-electron chi connectivity index (χ3n) is 4.21. The zero-order valence-corrected chi connectivity index (χ0v) is 15.9. The van der Waals surface area contributed by atoms with Crippen LogP contribution in [0.2, 0.25) is 0 Å². The standard InChI is InChI=1S/C20H22N2O4S/c1-25-17-9-7-16(8-10-17)19-22(11-12-27-19)18(23)13-21-20(24)26-14-15-5-3-2-4-6-15/h2-10,19H,11-14H2,1H3,(H,21,24). The van der Waals surface area contributed by atoms with Crippen molar-refractivity contribution in [2.24, 2.45) is 0 Å². The van der Waals surface area contributed by atoms with Crippen molar-refractivity contribution >= 4 is 23.8 Å². The molecule has 6 nitrogen and oxygen atoms in total. The van der Waals surface area contributed by atoms with Crippen LogP contribution in [0.15, 0.2) is 54.6 Å². The zero-order chi connectivity index (χ0) is 19.1. The minimum Gasteiger partial charge on any atom is -0.497 e. The first kappa shape index (κ1) is 19.1. The molecule has 2 amide bonds. The summed E-state index contributed by atoms with van der Waals surface area (Å²) in [5, 5.41) is 2.49. The summed E-state index contributed by atoms with van der Waals surface area (Å²) in [6.07, 6.45) is -0.597. The Morgan fingerprint density at radius 1 is 1.15 bits per heavy atom. The monoisotopic (exact) mass is 386 g/mol. The average molecular weight is 386 g/mol. The van der Waals surface area contributed by atoms with Gasteiger partial charge in [0.05, 0.1) is 7.11 Å². The van der Waals surface area contributed by atoms with Crippen molar-refractivity contribution in [3.8, 4) is 5.75 Å². The van der Waals surface area contributed by atoms with E-state index < -0.39 is 6.09 Å². The number of carbonyl (C=O) groups is 2. The van der Waals surface area contributed by atoms with E-state index in [4.69, 9.17) is 9.47 Å². The molecule has 1 atom stereocenters. The van der Waals surface area contributed by atoms with E-state index in [9.17, 15) is 9.59 Å². The van der Waals surface area contributed by atoms with Gasteiger partial charge in [0.15, 0.2) is 0 Å². The lowest BCUT2D eigenvalue weighted by molar-refractivity contribution is -0.130. The minimum absolute atomic E-state index is 0.0504. The molecule has 27 heavy (non-hydrogen) atoms. The largest absolute Gasteiger partial charge is 0.497 e. The van der Waals surface area contributed by atoms with Crippen LogP contribution in [0.25, 0.3) is 0 Å². The number of carbonyl (C=O) groups excluding carboxylic acids is 2. The van der Waals surface area contributed by atoms with E-state index in [-0.39, 0.29) is 24.4 Å². The molecule has 2 aromatic rings. The number of amides is 2. The van der Waals surface area contributed by atoms with Crippen molar-refractivity contribution in [3.63, 3.8) is 0 Å². The summed E-state index contributed by atoms with van der Waals surface area (Å²) in [6.45, 7) is 0.747. The van der Waals surface area contributed by atoms with E-state index in [2.05, 4.69) is 5.32 Å². The van der Waals surface area contributed by atoms with E-state index >= 15 is 0 Å². The zero-order valence-electron chi connectivity index (χ0n) is 15.1. The molecule has 142 valence electrons. The van der Waals surface area contributed by atoms with Crippen LogP contribution in [-0.2, 0) is 16.1 Å². The number of hydrogen-bond acceptors (Lipinski definition) is 5. The Bertz CT molecular complexity index is 767. The van der Waals surface area contributed by atoms with Crippen LogP contribution >= 0.6 is 11.8 Å². The van der Waals surface area contributed by atoms with Gasteiger partial charge in [0.1, 0.15) is 24.3 Å². The first-order valence-corrected chi connectivity index (χ1v) is 9.72. The number of alkyl carbamates (subject to hydrolysis) is 1. The molecule has 1 aliphatic heterocycles. The number of benzene rings is 2. The molecule has 1 aliphatic rings. The topological polar surface area (TPSA) is 67.9 Å². The summed E-state index contributed by atoms with van der Waals surface area (Å²) in [7, 11) is 1.62. The van der Waals surface area contributed by atoms with E-state index in [1.165, 1.54) is 0 Å². The van der Waals surface area contributed by atoms with Crippen molar-refractivity contribution in [1.29, 1.82) is 0 Å². The molecule has 0 aromatic heterocycles. The second-order valence-corrected chi connectivity index (χ2v) is 7.19. The van der Waals surface area contributed by atoms with Crippen molar-refractivity contribution < 1.29 is 19.1 Å². The molecule has 1 unspecified atom stereocenters. The Kier molecular flexibility index (Phi) is 6.59. The van der Waals surface area contributed by atoms with Crippen LogP contribution in [0, 0.1) is 0 Å². The molecule has 0 aliphatic carbocycles. The molecular formula is C20H22N2O4S. The number of ether oxygens (including phenoxy) is 2. The van der Waals surface area contributed by atoms with Gasteiger partial charge in [-0.1, -0.05) is 42.5 Å². The number of thioether (sulfide) groups is 1. The number of nitrogens with zero attached hydrogens (tertiary/aromatic N) is 1. The summed E-state index contributed by atoms with van der Waals surface area (Å²) < 4.78 is 10.3. The van der Waals surface area contributed by atoms with Crippen LogP contribution < -0.4 is 10.1 Å². The summed E-state index contributed by atoms with van der Waals surface area (Å²) >= 11 is 1.71. The van der Waals surface area contributed by atoms with Gasteiger partial charge in [-0.05, 0) is 23.3 Å². The third-order valence-corrected chi connectivity index (χ3v) is 5.47. The predicted octanol–water partition coefficient (Wildman–Crippen LogP) is 3.20. The lowest BCUT2D eigenvalue weighted by atomic mass is 10.2. The predicted molar refractivity (Wildman–Crippen MR) is 105 cm³/mol. The van der Waals surface area contributed by atoms with Gasteiger partial charge in [0.25, 0.3) is 0 Å². The fourth-order valence-electron chi connectivity index (χ4n) is 2.79. The molecule has 1 fully saturated rings. The van der Waals surface area contributed by atoms with Crippen LogP contribution in [-0.4, -0.2) is 42.9 Å². The van der Waals surface area contributed by atoms with Gasteiger partial charge in [0.2, 0.25) is 5.91 Å². The van der Waals surface area contributed by atoms with Gasteiger partial charge in [-0.15, -0.1) is 11.8 Å². The molecule has 1 heterocycles. The summed E-state index contributed by atoms with van der Waals surface area (Å²) in [6, 6.07) is 17.1. The molecule has 0 spiro atoms. The fourth-order valence-corrected chi connectivity index (χ4v) is 4.07. The molecule has 0 bridgehead atoms. The van der Waals surface area contributed by atoms with Crippen LogP contribution in [0.5, 0.6) is 5.75 Å². The highest BCUT2D eigenvalue weighted by molar-refractivity contribution is 7.99.